The van der Waals surface area contributed by atoms with Crippen LogP contribution in [-0.4, -0.2) is 31.9 Å². The number of hydrogen-bond donors (Lipinski definition) is 1. The van der Waals surface area contributed by atoms with Crippen LogP contribution in [0.2, 0.25) is 0 Å². The number of aromatic nitrogens is 4. The standard InChI is InChI=1S/C16H16FN5O3/c1-10(24-13-6-4-3-5-12(13)17)16(23)18-8-14-20-15(21-25-14)11-7-19-22(2)9-11/h3-7,9-10H,8H2,1-2H3,(H,18,23). The minimum Gasteiger partial charge on any atom is -0.478 e. The van der Waals surface area contributed by atoms with Gasteiger partial charge in [-0.25, -0.2) is 4.39 Å². The van der Waals surface area contributed by atoms with E-state index in [1.807, 2.05) is 0 Å². The molecule has 2 aromatic heterocycles. The summed E-state index contributed by atoms with van der Waals surface area (Å²) in [6.45, 7) is 1.56. The lowest BCUT2D eigenvalue weighted by Gasteiger charge is -2.14. The zero-order valence-electron chi connectivity index (χ0n) is 13.6. The summed E-state index contributed by atoms with van der Waals surface area (Å²) in [5.74, 6) is -0.315. The Bertz CT molecular complexity index is 876. The molecular weight excluding hydrogens is 329 g/mol. The zero-order chi connectivity index (χ0) is 17.8. The molecular formula is C16H16FN5O3. The highest BCUT2D eigenvalue weighted by atomic mass is 19.1. The quantitative estimate of drug-likeness (QED) is 0.730. The fourth-order valence-electron chi connectivity index (χ4n) is 2.07. The highest BCUT2D eigenvalue weighted by Gasteiger charge is 2.17. The third-order valence-electron chi connectivity index (χ3n) is 3.35. The van der Waals surface area contributed by atoms with Gasteiger partial charge in [-0.15, -0.1) is 0 Å². The fourth-order valence-corrected chi connectivity index (χ4v) is 2.07. The van der Waals surface area contributed by atoms with E-state index in [-0.39, 0.29) is 18.2 Å². The number of para-hydroxylation sites is 1. The number of amides is 1. The molecule has 9 heteroatoms. The molecule has 0 fully saturated rings. The lowest BCUT2D eigenvalue weighted by Crippen LogP contribution is -2.36. The fraction of sp³-hybridized carbons (Fsp3) is 0.250. The van der Waals surface area contributed by atoms with Crippen LogP contribution in [0.25, 0.3) is 11.4 Å². The largest absolute Gasteiger partial charge is 0.478 e. The molecule has 0 spiro atoms. The van der Waals surface area contributed by atoms with Crippen molar-refractivity contribution in [2.75, 3.05) is 0 Å². The number of nitrogens with zero attached hydrogens (tertiary/aromatic N) is 4. The molecule has 130 valence electrons. The van der Waals surface area contributed by atoms with Gasteiger partial charge >= 0.3 is 0 Å². The van der Waals surface area contributed by atoms with Gasteiger partial charge in [-0.1, -0.05) is 17.3 Å². The van der Waals surface area contributed by atoms with Crippen molar-refractivity contribution in [3.05, 3.63) is 48.4 Å². The molecule has 0 saturated heterocycles. The van der Waals surface area contributed by atoms with Gasteiger partial charge in [-0.3, -0.25) is 9.48 Å². The second kappa shape index (κ2) is 7.12. The Hall–Kier alpha value is -3.23. The normalized spacial score (nSPS) is 12.0. The Morgan fingerprint density at radius 2 is 2.24 bits per heavy atom. The van der Waals surface area contributed by atoms with Crippen molar-refractivity contribution in [1.82, 2.24) is 25.2 Å². The molecule has 0 saturated carbocycles. The second-order valence-electron chi connectivity index (χ2n) is 5.32. The molecule has 0 aliphatic carbocycles. The predicted molar refractivity (Wildman–Crippen MR) is 84.8 cm³/mol. The van der Waals surface area contributed by atoms with Gasteiger partial charge < -0.3 is 14.6 Å². The first-order valence-electron chi connectivity index (χ1n) is 7.53. The van der Waals surface area contributed by atoms with Crippen LogP contribution in [0.15, 0.2) is 41.2 Å². The van der Waals surface area contributed by atoms with Gasteiger partial charge in [0.05, 0.1) is 18.3 Å². The van der Waals surface area contributed by atoms with Crippen LogP contribution in [0.4, 0.5) is 4.39 Å². The van der Waals surface area contributed by atoms with E-state index in [2.05, 4.69) is 20.6 Å². The van der Waals surface area contributed by atoms with Crippen LogP contribution in [-0.2, 0) is 18.4 Å². The van der Waals surface area contributed by atoms with Gasteiger partial charge in [-0.2, -0.15) is 10.1 Å². The molecule has 25 heavy (non-hydrogen) atoms. The van der Waals surface area contributed by atoms with E-state index in [1.54, 1.807) is 36.3 Å². The summed E-state index contributed by atoms with van der Waals surface area (Å²) in [7, 11) is 1.78. The van der Waals surface area contributed by atoms with E-state index >= 15 is 0 Å². The number of benzene rings is 1. The minimum absolute atomic E-state index is 0.0156. The van der Waals surface area contributed by atoms with Crippen molar-refractivity contribution >= 4 is 5.91 Å². The first-order chi connectivity index (χ1) is 12.0. The smallest absolute Gasteiger partial charge is 0.261 e. The van der Waals surface area contributed by atoms with Crippen LogP contribution in [0, 0.1) is 5.82 Å². The first-order valence-corrected chi connectivity index (χ1v) is 7.53. The molecule has 1 N–H and O–H groups in total. The van der Waals surface area contributed by atoms with Gasteiger partial charge in [-0.05, 0) is 19.1 Å². The molecule has 3 aromatic rings. The molecule has 0 bridgehead atoms. The predicted octanol–water partition coefficient (Wildman–Crippen LogP) is 1.69. The Morgan fingerprint density at radius 1 is 1.44 bits per heavy atom. The van der Waals surface area contributed by atoms with Gasteiger partial charge in [0.1, 0.15) is 0 Å². The van der Waals surface area contributed by atoms with Crippen LogP contribution in [0.3, 0.4) is 0 Å². The number of ether oxygens (including phenoxy) is 1. The van der Waals surface area contributed by atoms with E-state index in [1.165, 1.54) is 19.1 Å². The van der Waals surface area contributed by atoms with Gasteiger partial charge in [0, 0.05) is 13.2 Å². The average Bonchev–Trinajstić information content (AvgIpc) is 3.23. The maximum absolute atomic E-state index is 13.5. The molecule has 0 aliphatic heterocycles. The van der Waals surface area contributed by atoms with Crippen molar-refractivity contribution in [2.45, 2.75) is 19.6 Å². The number of carbonyl (C=O) groups excluding carboxylic acids is 1. The Labute approximate surface area is 142 Å². The number of hydrogen-bond acceptors (Lipinski definition) is 6. The van der Waals surface area contributed by atoms with E-state index in [0.29, 0.717) is 11.4 Å². The topological polar surface area (TPSA) is 95.1 Å². The highest BCUT2D eigenvalue weighted by molar-refractivity contribution is 5.80. The summed E-state index contributed by atoms with van der Waals surface area (Å²) in [6, 6.07) is 5.89. The molecule has 1 unspecified atom stereocenters. The molecule has 0 radical (unpaired) electrons. The molecule has 1 amide bonds. The Morgan fingerprint density at radius 3 is 2.96 bits per heavy atom. The monoisotopic (exact) mass is 345 g/mol. The Balaban J connectivity index is 1.55. The molecule has 1 atom stereocenters. The number of nitrogens with one attached hydrogen (secondary N) is 1. The number of carbonyl (C=O) groups is 1. The van der Waals surface area contributed by atoms with Gasteiger partial charge in [0.15, 0.2) is 17.7 Å². The third kappa shape index (κ3) is 4.00. The van der Waals surface area contributed by atoms with E-state index in [4.69, 9.17) is 9.26 Å². The van der Waals surface area contributed by atoms with Gasteiger partial charge in [0.2, 0.25) is 11.7 Å². The van der Waals surface area contributed by atoms with E-state index in [0.717, 1.165) is 0 Å². The van der Waals surface area contributed by atoms with Crippen LogP contribution < -0.4 is 10.1 Å². The Kier molecular flexibility index (Phi) is 4.73. The van der Waals surface area contributed by atoms with Crippen LogP contribution in [0.5, 0.6) is 5.75 Å². The number of aryl methyl sites for hydroxylation is 1. The maximum Gasteiger partial charge on any atom is 0.261 e. The summed E-state index contributed by atoms with van der Waals surface area (Å²) >= 11 is 0. The highest BCUT2D eigenvalue weighted by Crippen LogP contribution is 2.17. The minimum atomic E-state index is -0.877. The van der Waals surface area contributed by atoms with Crippen molar-refractivity contribution in [1.29, 1.82) is 0 Å². The molecule has 0 aliphatic rings. The van der Waals surface area contributed by atoms with Crippen molar-refractivity contribution in [3.63, 3.8) is 0 Å². The number of rotatable bonds is 6. The summed E-state index contributed by atoms with van der Waals surface area (Å²) in [4.78, 5) is 16.2. The van der Waals surface area contributed by atoms with Crippen molar-refractivity contribution in [3.8, 4) is 17.1 Å². The second-order valence-corrected chi connectivity index (χ2v) is 5.32. The molecule has 8 nitrogen and oxygen atoms in total. The first kappa shape index (κ1) is 16.6. The average molecular weight is 345 g/mol. The third-order valence-corrected chi connectivity index (χ3v) is 3.35. The number of halogens is 1. The lowest BCUT2D eigenvalue weighted by molar-refractivity contribution is -0.127. The van der Waals surface area contributed by atoms with E-state index < -0.39 is 17.8 Å². The van der Waals surface area contributed by atoms with Crippen LogP contribution >= 0.6 is 0 Å². The SMILES string of the molecule is CC(Oc1ccccc1F)C(=O)NCc1nc(-c2cnn(C)c2)no1. The summed E-state index contributed by atoms with van der Waals surface area (Å²) < 4.78 is 25.5. The summed E-state index contributed by atoms with van der Waals surface area (Å²) in [6.07, 6.45) is 2.48. The zero-order valence-corrected chi connectivity index (χ0v) is 13.6. The van der Waals surface area contributed by atoms with Crippen molar-refractivity contribution in [2.24, 2.45) is 7.05 Å². The van der Waals surface area contributed by atoms with Gasteiger partial charge in [0.25, 0.3) is 5.91 Å². The van der Waals surface area contributed by atoms with E-state index in [9.17, 15) is 9.18 Å². The van der Waals surface area contributed by atoms with Crippen LogP contribution in [0.1, 0.15) is 12.8 Å². The molecule has 1 aromatic carbocycles. The summed E-state index contributed by atoms with van der Waals surface area (Å²) in [5.41, 5.74) is 0.708. The molecule has 2 heterocycles. The van der Waals surface area contributed by atoms with Crippen molar-refractivity contribution < 1.29 is 18.4 Å². The lowest BCUT2D eigenvalue weighted by atomic mass is 10.3. The molecule has 3 rings (SSSR count). The summed E-state index contributed by atoms with van der Waals surface area (Å²) in [5, 5.41) is 10.5. The maximum atomic E-state index is 13.5.